The number of benzene rings is 4. The molecule has 1 unspecified atom stereocenters. The highest BCUT2D eigenvalue weighted by atomic mass is 16.7. The fourth-order valence-electron chi connectivity index (χ4n) is 7.33. The van der Waals surface area contributed by atoms with E-state index in [0.29, 0.717) is 39.5 Å². The molecule has 2 fully saturated rings. The zero-order valence-electron chi connectivity index (χ0n) is 27.0. The Morgan fingerprint density at radius 1 is 0.688 bits per heavy atom. The van der Waals surface area contributed by atoms with Crippen LogP contribution in [0.1, 0.15) is 35.0 Å². The molecule has 250 valence electrons. The van der Waals surface area contributed by atoms with E-state index in [4.69, 9.17) is 28.4 Å². The molecule has 2 aliphatic heterocycles. The fraction of sp³-hybridized carbons (Fsp3) is 0.366. The lowest BCUT2D eigenvalue weighted by Crippen LogP contribution is -2.60. The van der Waals surface area contributed by atoms with Crippen LogP contribution in [0.2, 0.25) is 0 Å². The monoisotopic (exact) mass is 648 g/mol. The molecule has 48 heavy (non-hydrogen) atoms. The Kier molecular flexibility index (Phi) is 10.9. The van der Waals surface area contributed by atoms with Gasteiger partial charge in [-0.1, -0.05) is 121 Å². The maximum absolute atomic E-state index is 12.4. The van der Waals surface area contributed by atoms with Crippen LogP contribution in [0.25, 0.3) is 0 Å². The summed E-state index contributed by atoms with van der Waals surface area (Å²) in [6.07, 6.45) is 1.41. The average molecular weight is 649 g/mol. The topological polar surface area (TPSA) is 75.6 Å². The molecule has 0 spiro atoms. The molecule has 0 aromatic heterocycles. The van der Waals surface area contributed by atoms with Gasteiger partial charge >= 0.3 is 0 Å². The van der Waals surface area contributed by atoms with Gasteiger partial charge in [-0.15, -0.1) is 0 Å². The van der Waals surface area contributed by atoms with Crippen LogP contribution >= 0.6 is 0 Å². The number of aliphatic hydroxyl groups excluding tert-OH is 1. The van der Waals surface area contributed by atoms with Crippen molar-refractivity contribution in [3.63, 3.8) is 0 Å². The van der Waals surface area contributed by atoms with E-state index in [1.54, 1.807) is 6.26 Å². The first-order valence-corrected chi connectivity index (χ1v) is 17.0. The predicted molar refractivity (Wildman–Crippen MR) is 181 cm³/mol. The highest BCUT2D eigenvalue weighted by molar-refractivity contribution is 5.18. The van der Waals surface area contributed by atoms with Crippen molar-refractivity contribution in [1.29, 1.82) is 0 Å². The normalized spacial score (nSPS) is 29.9. The average Bonchev–Trinajstić information content (AvgIpc) is 3.15. The SMILES string of the molecule is O[C@@H]1[C@H]([C@H]2[C@H](OCc3ccccc3)C=CO[C@@H]2COCc2ccccc2)C[C@@H]2COC(c3ccccc3)O[C@H]2[C@@H]1OCc1ccccc1. The molecule has 7 heteroatoms. The lowest BCUT2D eigenvalue weighted by atomic mass is 9.67. The van der Waals surface area contributed by atoms with Crippen molar-refractivity contribution in [3.05, 3.63) is 156 Å². The van der Waals surface area contributed by atoms with Crippen LogP contribution in [0.5, 0.6) is 0 Å². The Hall–Kier alpha value is -3.82. The molecule has 0 radical (unpaired) electrons. The van der Waals surface area contributed by atoms with Gasteiger partial charge in [0.1, 0.15) is 12.2 Å². The Labute approximate surface area is 283 Å². The van der Waals surface area contributed by atoms with E-state index in [9.17, 15) is 5.11 Å². The molecular formula is C41H44O7. The third kappa shape index (κ3) is 7.90. The smallest absolute Gasteiger partial charge is 0.184 e. The summed E-state index contributed by atoms with van der Waals surface area (Å²) in [5, 5.41) is 12.4. The number of rotatable bonds is 12. The minimum atomic E-state index is -0.843. The Morgan fingerprint density at radius 3 is 1.92 bits per heavy atom. The van der Waals surface area contributed by atoms with Crippen LogP contribution < -0.4 is 0 Å². The summed E-state index contributed by atoms with van der Waals surface area (Å²) in [6, 6.07) is 40.3. The zero-order chi connectivity index (χ0) is 32.5. The maximum atomic E-state index is 12.4. The van der Waals surface area contributed by atoms with Crippen molar-refractivity contribution in [2.45, 2.75) is 63.1 Å². The molecular weight excluding hydrogens is 604 g/mol. The van der Waals surface area contributed by atoms with Crippen LogP contribution in [-0.2, 0) is 48.2 Å². The molecule has 1 saturated heterocycles. The summed E-state index contributed by atoms with van der Waals surface area (Å²) >= 11 is 0. The van der Waals surface area contributed by atoms with E-state index in [1.165, 1.54) is 0 Å². The predicted octanol–water partition coefficient (Wildman–Crippen LogP) is 7.01. The molecule has 4 aromatic carbocycles. The second-order valence-electron chi connectivity index (χ2n) is 12.9. The first-order chi connectivity index (χ1) is 23.7. The van der Waals surface area contributed by atoms with Gasteiger partial charge in [-0.05, 0) is 35.1 Å². The number of aliphatic hydroxyl groups is 1. The second-order valence-corrected chi connectivity index (χ2v) is 12.9. The summed E-state index contributed by atoms with van der Waals surface area (Å²) in [4.78, 5) is 0. The molecule has 1 aliphatic carbocycles. The Morgan fingerprint density at radius 2 is 1.27 bits per heavy atom. The van der Waals surface area contributed by atoms with Gasteiger partial charge in [-0.2, -0.15) is 0 Å². The van der Waals surface area contributed by atoms with E-state index in [1.807, 2.05) is 103 Å². The molecule has 0 bridgehead atoms. The van der Waals surface area contributed by atoms with E-state index in [2.05, 4.69) is 24.3 Å². The quantitative estimate of drug-likeness (QED) is 0.177. The van der Waals surface area contributed by atoms with E-state index < -0.39 is 18.5 Å². The summed E-state index contributed by atoms with van der Waals surface area (Å²) in [6.45, 7) is 2.11. The van der Waals surface area contributed by atoms with Gasteiger partial charge in [0, 0.05) is 17.4 Å². The van der Waals surface area contributed by atoms with E-state index in [0.717, 1.165) is 22.3 Å². The number of hydrogen-bond donors (Lipinski definition) is 1. The first-order valence-electron chi connectivity index (χ1n) is 17.0. The number of fused-ring (bicyclic) bond motifs is 1. The molecule has 0 amide bonds. The van der Waals surface area contributed by atoms with Gasteiger partial charge in [-0.3, -0.25) is 0 Å². The minimum absolute atomic E-state index is 0.00528. The van der Waals surface area contributed by atoms with Crippen molar-refractivity contribution in [3.8, 4) is 0 Å². The maximum Gasteiger partial charge on any atom is 0.184 e. The van der Waals surface area contributed by atoms with Crippen LogP contribution in [0.15, 0.2) is 134 Å². The highest BCUT2D eigenvalue weighted by Gasteiger charge is 2.54. The molecule has 7 rings (SSSR count). The Bertz CT molecular complexity index is 1550. The van der Waals surface area contributed by atoms with Gasteiger partial charge in [0.2, 0.25) is 0 Å². The lowest BCUT2D eigenvalue weighted by molar-refractivity contribution is -0.301. The summed E-state index contributed by atoms with van der Waals surface area (Å²) in [7, 11) is 0. The van der Waals surface area contributed by atoms with Crippen molar-refractivity contribution in [2.75, 3.05) is 13.2 Å². The summed E-state index contributed by atoms with van der Waals surface area (Å²) in [5.74, 6) is -0.436. The van der Waals surface area contributed by atoms with E-state index in [-0.39, 0.29) is 36.1 Å². The van der Waals surface area contributed by atoms with Crippen LogP contribution in [-0.4, -0.2) is 48.8 Å². The highest BCUT2D eigenvalue weighted by Crippen LogP contribution is 2.46. The van der Waals surface area contributed by atoms with Gasteiger partial charge < -0.3 is 33.5 Å². The molecule has 3 aliphatic rings. The van der Waals surface area contributed by atoms with Crippen LogP contribution in [0.4, 0.5) is 0 Å². The molecule has 2 heterocycles. The third-order valence-corrected chi connectivity index (χ3v) is 9.74. The molecule has 7 nitrogen and oxygen atoms in total. The van der Waals surface area contributed by atoms with E-state index >= 15 is 0 Å². The van der Waals surface area contributed by atoms with Gasteiger partial charge in [-0.25, -0.2) is 0 Å². The van der Waals surface area contributed by atoms with Gasteiger partial charge in [0.05, 0.1) is 57.6 Å². The van der Waals surface area contributed by atoms with Crippen molar-refractivity contribution in [2.24, 2.45) is 17.8 Å². The molecule has 9 atom stereocenters. The molecule has 1 N–H and O–H groups in total. The van der Waals surface area contributed by atoms with Crippen LogP contribution in [0, 0.1) is 17.8 Å². The lowest BCUT2D eigenvalue weighted by Gasteiger charge is -2.52. The number of ether oxygens (including phenoxy) is 6. The molecule has 1 saturated carbocycles. The standard InChI is InChI=1S/C41H44O7/c42-38-34(23-33-27-47-41(32-19-11-4-12-20-32)48-39(33)40(38)46-26-31-17-9-3-10-18-31)37-35(45-25-30-15-7-2-8-16-30)21-22-44-36(37)28-43-24-29-13-5-1-6-14-29/h1-22,33-42H,23-28H2/t33-,34+,35-,36-,37+,38-,39-,40-,41?/m1/s1. The zero-order valence-corrected chi connectivity index (χ0v) is 27.0. The van der Waals surface area contributed by atoms with Gasteiger partial charge in [0.25, 0.3) is 0 Å². The van der Waals surface area contributed by atoms with Crippen molar-refractivity contribution < 1.29 is 33.5 Å². The second kappa shape index (κ2) is 16.1. The fourth-order valence-corrected chi connectivity index (χ4v) is 7.33. The van der Waals surface area contributed by atoms with Gasteiger partial charge in [0.15, 0.2) is 6.29 Å². The summed E-state index contributed by atoms with van der Waals surface area (Å²) < 4.78 is 38.8. The Balaban J connectivity index is 1.15. The molecule has 4 aromatic rings. The minimum Gasteiger partial charge on any atom is -0.495 e. The first kappa shape index (κ1) is 32.7. The van der Waals surface area contributed by atoms with Crippen molar-refractivity contribution >= 4 is 0 Å². The third-order valence-electron chi connectivity index (χ3n) is 9.74. The largest absolute Gasteiger partial charge is 0.495 e. The number of hydrogen-bond acceptors (Lipinski definition) is 7. The summed E-state index contributed by atoms with van der Waals surface area (Å²) in [5.41, 5.74) is 4.17. The van der Waals surface area contributed by atoms with Crippen LogP contribution in [0.3, 0.4) is 0 Å². The van der Waals surface area contributed by atoms with Crippen molar-refractivity contribution in [1.82, 2.24) is 0 Å².